The van der Waals surface area contributed by atoms with E-state index >= 15 is 0 Å². The number of aromatic nitrogens is 1. The average Bonchev–Trinajstić information content (AvgIpc) is 2.54. The minimum absolute atomic E-state index is 0.332. The summed E-state index contributed by atoms with van der Waals surface area (Å²) in [6.07, 6.45) is 1.57. The van der Waals surface area contributed by atoms with Gasteiger partial charge >= 0.3 is 0 Å². The van der Waals surface area contributed by atoms with Crippen molar-refractivity contribution in [2.45, 2.75) is 0 Å². The number of methoxy groups -OCH3 is 1. The van der Waals surface area contributed by atoms with Crippen LogP contribution in [0.1, 0.15) is 0 Å². The number of hydrogen-bond donors (Lipinski definition) is 0. The summed E-state index contributed by atoms with van der Waals surface area (Å²) in [5, 5.41) is 0.903. The molecule has 116 valence electrons. The normalized spacial score (nSPS) is 10.6. The first-order valence-corrected chi connectivity index (χ1v) is 7.59. The Balaban J connectivity index is 2.26. The third-order valence-electron chi connectivity index (χ3n) is 3.43. The maximum atomic E-state index is 14.2. The zero-order chi connectivity index (χ0) is 16.4. The van der Waals surface area contributed by atoms with Gasteiger partial charge in [0.2, 0.25) is 0 Å². The summed E-state index contributed by atoms with van der Waals surface area (Å²) in [5.41, 5.74) is 2.73. The van der Waals surface area contributed by atoms with Crippen LogP contribution in [-0.4, -0.2) is 12.1 Å². The Kier molecular flexibility index (Phi) is 4.51. The van der Waals surface area contributed by atoms with E-state index in [-0.39, 0.29) is 5.82 Å². The van der Waals surface area contributed by atoms with E-state index in [2.05, 4.69) is 4.98 Å². The molecule has 0 atom stereocenters. The zero-order valence-electron chi connectivity index (χ0n) is 12.2. The molecule has 2 aromatic carbocycles. The van der Waals surface area contributed by atoms with Gasteiger partial charge in [-0.05, 0) is 47.5 Å². The Bertz CT molecular complexity index is 801. The molecule has 0 aliphatic rings. The summed E-state index contributed by atoms with van der Waals surface area (Å²) < 4.78 is 19.7. The molecule has 0 fully saturated rings. The number of halogens is 3. The lowest BCUT2D eigenvalue weighted by Crippen LogP contribution is -1.94. The second-order valence-electron chi connectivity index (χ2n) is 4.91. The summed E-state index contributed by atoms with van der Waals surface area (Å²) in [4.78, 5) is 3.95. The number of hydrogen-bond acceptors (Lipinski definition) is 2. The molecule has 0 amide bonds. The molecular weight excluding hydrogens is 336 g/mol. The smallest absolute Gasteiger partial charge is 0.134 e. The maximum Gasteiger partial charge on any atom is 0.134 e. The van der Waals surface area contributed by atoms with Crippen LogP contribution in [0.5, 0.6) is 5.75 Å². The first-order chi connectivity index (χ1) is 11.1. The quantitative estimate of drug-likeness (QED) is 0.552. The molecule has 0 spiro atoms. The van der Waals surface area contributed by atoms with Crippen molar-refractivity contribution in [1.82, 2.24) is 4.98 Å². The minimum atomic E-state index is -0.372. The Morgan fingerprint density at radius 3 is 2.26 bits per heavy atom. The summed E-state index contributed by atoms with van der Waals surface area (Å²) in [7, 11) is 1.55. The highest BCUT2D eigenvalue weighted by molar-refractivity contribution is 6.31. The van der Waals surface area contributed by atoms with Crippen LogP contribution in [0.4, 0.5) is 4.39 Å². The number of ether oxygens (including phenoxy) is 1. The first kappa shape index (κ1) is 15.8. The predicted molar refractivity (Wildman–Crippen MR) is 91.6 cm³/mol. The molecule has 23 heavy (non-hydrogen) atoms. The van der Waals surface area contributed by atoms with Crippen LogP contribution < -0.4 is 4.74 Å². The van der Waals surface area contributed by atoms with Crippen molar-refractivity contribution >= 4 is 23.2 Å². The van der Waals surface area contributed by atoms with E-state index < -0.39 is 0 Å². The van der Waals surface area contributed by atoms with E-state index in [9.17, 15) is 4.39 Å². The third kappa shape index (κ3) is 3.31. The van der Waals surface area contributed by atoms with Crippen molar-refractivity contribution in [3.63, 3.8) is 0 Å². The lowest BCUT2D eigenvalue weighted by molar-refractivity contribution is 0.417. The molecule has 2 nitrogen and oxygen atoms in total. The Hall–Kier alpha value is -2.10. The van der Waals surface area contributed by atoms with Crippen LogP contribution in [0.25, 0.3) is 22.3 Å². The molecule has 0 radical (unpaired) electrons. The summed E-state index contributed by atoms with van der Waals surface area (Å²) in [5.74, 6) is 0.180. The molecule has 0 saturated carbocycles. The van der Waals surface area contributed by atoms with Gasteiger partial charge in [0.1, 0.15) is 16.7 Å². The van der Waals surface area contributed by atoms with Gasteiger partial charge in [-0.15, -0.1) is 0 Å². The van der Waals surface area contributed by atoms with Gasteiger partial charge in [-0.25, -0.2) is 9.37 Å². The SMILES string of the molecule is COc1c(-c2cccc(Cl)c2)cc(F)cc1-c1ccnc(Cl)c1. The summed E-state index contributed by atoms with van der Waals surface area (Å²) >= 11 is 12.0. The van der Waals surface area contributed by atoms with Crippen molar-refractivity contribution in [2.75, 3.05) is 7.11 Å². The van der Waals surface area contributed by atoms with E-state index in [4.69, 9.17) is 27.9 Å². The van der Waals surface area contributed by atoms with Crippen LogP contribution in [0.3, 0.4) is 0 Å². The predicted octanol–water partition coefficient (Wildman–Crippen LogP) is 5.87. The van der Waals surface area contributed by atoms with Crippen LogP contribution in [0, 0.1) is 5.82 Å². The Morgan fingerprint density at radius 2 is 1.65 bits per heavy atom. The number of nitrogens with zero attached hydrogens (tertiary/aromatic N) is 1. The van der Waals surface area contributed by atoms with Gasteiger partial charge in [0, 0.05) is 22.3 Å². The van der Waals surface area contributed by atoms with Crippen molar-refractivity contribution in [3.8, 4) is 28.0 Å². The van der Waals surface area contributed by atoms with E-state index in [1.54, 1.807) is 37.6 Å². The molecule has 0 aliphatic heterocycles. The van der Waals surface area contributed by atoms with E-state index in [0.717, 1.165) is 11.1 Å². The van der Waals surface area contributed by atoms with Crippen molar-refractivity contribution in [2.24, 2.45) is 0 Å². The maximum absolute atomic E-state index is 14.2. The van der Waals surface area contributed by atoms with Crippen LogP contribution in [0.2, 0.25) is 10.2 Å². The van der Waals surface area contributed by atoms with Crippen molar-refractivity contribution < 1.29 is 9.13 Å². The highest BCUT2D eigenvalue weighted by atomic mass is 35.5. The standard InChI is InChI=1S/C18H12Cl2FNO/c1-23-18-15(11-3-2-4-13(19)7-11)9-14(21)10-16(18)12-5-6-22-17(20)8-12/h2-10H,1H3. The molecule has 3 rings (SSSR count). The largest absolute Gasteiger partial charge is 0.495 e. The fraction of sp³-hybridized carbons (Fsp3) is 0.0556. The second-order valence-corrected chi connectivity index (χ2v) is 5.74. The van der Waals surface area contributed by atoms with Crippen LogP contribution >= 0.6 is 23.2 Å². The van der Waals surface area contributed by atoms with Gasteiger partial charge in [0.05, 0.1) is 7.11 Å². The van der Waals surface area contributed by atoms with Gasteiger partial charge in [-0.1, -0.05) is 35.3 Å². The molecule has 1 heterocycles. The lowest BCUT2D eigenvalue weighted by Gasteiger charge is -2.15. The van der Waals surface area contributed by atoms with E-state index in [1.165, 1.54) is 12.1 Å². The molecule has 3 aromatic rings. The van der Waals surface area contributed by atoms with Gasteiger partial charge in [-0.2, -0.15) is 0 Å². The highest BCUT2D eigenvalue weighted by Crippen LogP contribution is 2.40. The van der Waals surface area contributed by atoms with Crippen LogP contribution in [0.15, 0.2) is 54.7 Å². The minimum Gasteiger partial charge on any atom is -0.495 e. The third-order valence-corrected chi connectivity index (χ3v) is 3.87. The highest BCUT2D eigenvalue weighted by Gasteiger charge is 2.16. The molecule has 0 aliphatic carbocycles. The lowest BCUT2D eigenvalue weighted by atomic mass is 9.97. The number of pyridine rings is 1. The summed E-state index contributed by atoms with van der Waals surface area (Å²) in [6, 6.07) is 13.5. The fourth-order valence-corrected chi connectivity index (χ4v) is 2.83. The molecule has 0 bridgehead atoms. The molecule has 0 saturated heterocycles. The molecule has 1 aromatic heterocycles. The number of rotatable bonds is 3. The second kappa shape index (κ2) is 6.57. The average molecular weight is 348 g/mol. The number of benzene rings is 2. The molecular formula is C18H12Cl2FNO. The Labute approximate surface area is 143 Å². The van der Waals surface area contributed by atoms with Gasteiger partial charge in [-0.3, -0.25) is 0 Å². The monoisotopic (exact) mass is 347 g/mol. The van der Waals surface area contributed by atoms with Crippen molar-refractivity contribution in [1.29, 1.82) is 0 Å². The van der Waals surface area contributed by atoms with Crippen molar-refractivity contribution in [3.05, 3.63) is 70.7 Å². The molecule has 0 unspecified atom stereocenters. The zero-order valence-corrected chi connectivity index (χ0v) is 13.7. The van der Waals surface area contributed by atoms with Gasteiger partial charge < -0.3 is 4.74 Å². The summed E-state index contributed by atoms with van der Waals surface area (Å²) in [6.45, 7) is 0. The van der Waals surface area contributed by atoms with Gasteiger partial charge in [0.25, 0.3) is 0 Å². The topological polar surface area (TPSA) is 22.1 Å². The van der Waals surface area contributed by atoms with E-state index in [1.807, 2.05) is 12.1 Å². The Morgan fingerprint density at radius 1 is 0.957 bits per heavy atom. The van der Waals surface area contributed by atoms with Crippen LogP contribution in [-0.2, 0) is 0 Å². The van der Waals surface area contributed by atoms with Gasteiger partial charge in [0.15, 0.2) is 0 Å². The van der Waals surface area contributed by atoms with E-state index in [0.29, 0.717) is 27.1 Å². The molecule has 5 heteroatoms. The molecule has 0 N–H and O–H groups in total. The fourth-order valence-electron chi connectivity index (χ4n) is 2.47. The first-order valence-electron chi connectivity index (χ1n) is 6.84.